The fraction of sp³-hybridized carbons (Fsp3) is 0.760. The van der Waals surface area contributed by atoms with Gasteiger partial charge in [-0.1, -0.05) is 34.6 Å². The molecule has 5 unspecified atom stereocenters. The predicted molar refractivity (Wildman–Crippen MR) is 116 cm³/mol. The zero-order valence-electron chi connectivity index (χ0n) is 19.2. The van der Waals surface area contributed by atoms with Gasteiger partial charge in [0.25, 0.3) is 0 Å². The summed E-state index contributed by atoms with van der Waals surface area (Å²) in [4.78, 5) is 48.7. The van der Waals surface area contributed by atoms with Gasteiger partial charge < -0.3 is 9.53 Å². The third-order valence-electron chi connectivity index (χ3n) is 7.42. The van der Waals surface area contributed by atoms with Crippen LogP contribution in [0, 0.1) is 28.6 Å². The number of hydrogen-bond donors (Lipinski definition) is 0. The van der Waals surface area contributed by atoms with E-state index in [4.69, 9.17) is 4.74 Å². The summed E-state index contributed by atoms with van der Waals surface area (Å²) in [6.45, 7) is 10.2. The minimum atomic E-state index is -0.834. The average Bonchev–Trinajstić information content (AvgIpc) is 2.87. The molecule has 0 spiro atoms. The van der Waals surface area contributed by atoms with Crippen LogP contribution in [0.3, 0.4) is 0 Å². The standard InChI is InChI=1S/C23H32O5.C2H6/c1-4-5-21(27)28-20-10-15(12-24)6-9-18-17-8-7-16(26)11-19(17)22(2,3)13-23(18,20)14-25;1-2/h10,12,14,17-20H,4-9,11,13H2,1-3H3;1-2H3. The molecule has 3 rings (SSSR count). The first-order chi connectivity index (χ1) is 14.3. The third-order valence-corrected chi connectivity index (χ3v) is 7.42. The number of allylic oxidation sites excluding steroid dienone is 1. The summed E-state index contributed by atoms with van der Waals surface area (Å²) < 4.78 is 5.83. The van der Waals surface area contributed by atoms with Gasteiger partial charge in [-0.15, -0.1) is 0 Å². The summed E-state index contributed by atoms with van der Waals surface area (Å²) >= 11 is 0. The lowest BCUT2D eigenvalue weighted by Gasteiger charge is -2.58. The van der Waals surface area contributed by atoms with E-state index in [1.54, 1.807) is 6.08 Å². The van der Waals surface area contributed by atoms with Gasteiger partial charge in [0, 0.05) is 19.3 Å². The van der Waals surface area contributed by atoms with E-state index in [0.717, 1.165) is 25.4 Å². The molecule has 0 aromatic rings. The molecule has 2 fully saturated rings. The lowest BCUT2D eigenvalue weighted by atomic mass is 9.46. The van der Waals surface area contributed by atoms with Crippen molar-refractivity contribution >= 4 is 24.3 Å². The first kappa shape index (κ1) is 24.5. The maximum absolute atomic E-state index is 12.7. The number of esters is 1. The van der Waals surface area contributed by atoms with Crippen LogP contribution in [0.2, 0.25) is 0 Å². The second-order valence-electron chi connectivity index (χ2n) is 9.61. The summed E-state index contributed by atoms with van der Waals surface area (Å²) in [5.41, 5.74) is -0.446. The molecule has 0 radical (unpaired) electrons. The highest BCUT2D eigenvalue weighted by Gasteiger charge is 2.61. The molecule has 5 heteroatoms. The Morgan fingerprint density at radius 3 is 2.47 bits per heavy atom. The van der Waals surface area contributed by atoms with Crippen molar-refractivity contribution in [3.05, 3.63) is 11.6 Å². The van der Waals surface area contributed by atoms with Gasteiger partial charge in [-0.2, -0.15) is 0 Å². The van der Waals surface area contributed by atoms with Crippen molar-refractivity contribution in [2.24, 2.45) is 28.6 Å². The zero-order valence-corrected chi connectivity index (χ0v) is 19.2. The van der Waals surface area contributed by atoms with E-state index in [-0.39, 0.29) is 29.1 Å². The maximum atomic E-state index is 12.7. The largest absolute Gasteiger partial charge is 0.457 e. The van der Waals surface area contributed by atoms with Gasteiger partial charge in [-0.25, -0.2) is 0 Å². The van der Waals surface area contributed by atoms with Crippen molar-refractivity contribution in [3.8, 4) is 0 Å². The Morgan fingerprint density at radius 1 is 1.17 bits per heavy atom. The first-order valence-electron chi connectivity index (χ1n) is 11.6. The normalized spacial score (nSPS) is 34.7. The molecular formula is C25H38O5. The van der Waals surface area contributed by atoms with E-state index < -0.39 is 11.5 Å². The molecule has 0 heterocycles. The molecule has 3 aliphatic carbocycles. The number of rotatable bonds is 5. The summed E-state index contributed by atoms with van der Waals surface area (Å²) in [5, 5.41) is 0. The van der Waals surface area contributed by atoms with Crippen molar-refractivity contribution in [2.75, 3.05) is 0 Å². The second-order valence-corrected chi connectivity index (χ2v) is 9.61. The first-order valence-corrected chi connectivity index (χ1v) is 11.6. The molecule has 5 atom stereocenters. The average molecular weight is 419 g/mol. The molecule has 0 amide bonds. The number of Topliss-reactive ketones (excluding diaryl/α,β-unsaturated/α-hetero) is 1. The fourth-order valence-electron chi connectivity index (χ4n) is 6.21. The van der Waals surface area contributed by atoms with Crippen LogP contribution in [0.4, 0.5) is 0 Å². The van der Waals surface area contributed by atoms with Crippen molar-refractivity contribution in [2.45, 2.75) is 92.1 Å². The summed E-state index contributed by atoms with van der Waals surface area (Å²) in [7, 11) is 0. The molecule has 0 aromatic carbocycles. The molecule has 2 saturated carbocycles. The van der Waals surface area contributed by atoms with E-state index in [2.05, 4.69) is 13.8 Å². The molecule has 0 saturated heterocycles. The molecule has 5 nitrogen and oxygen atoms in total. The molecule has 3 aliphatic rings. The number of ether oxygens (including phenoxy) is 1. The highest BCUT2D eigenvalue weighted by molar-refractivity contribution is 5.80. The molecule has 0 N–H and O–H groups in total. The molecule has 0 aliphatic heterocycles. The number of aldehydes is 2. The Balaban J connectivity index is 0.00000155. The highest BCUT2D eigenvalue weighted by Crippen LogP contribution is 2.62. The molecule has 0 aromatic heterocycles. The van der Waals surface area contributed by atoms with Crippen LogP contribution in [-0.4, -0.2) is 30.4 Å². The Morgan fingerprint density at radius 2 is 1.87 bits per heavy atom. The van der Waals surface area contributed by atoms with Crippen molar-refractivity contribution in [1.82, 2.24) is 0 Å². The Bertz CT molecular complexity index is 692. The fourth-order valence-corrected chi connectivity index (χ4v) is 6.21. The van der Waals surface area contributed by atoms with Crippen molar-refractivity contribution in [1.29, 1.82) is 0 Å². The maximum Gasteiger partial charge on any atom is 0.306 e. The Hall–Kier alpha value is -1.78. The van der Waals surface area contributed by atoms with Crippen LogP contribution in [0.25, 0.3) is 0 Å². The molecule has 168 valence electrons. The quantitative estimate of drug-likeness (QED) is 0.471. The highest BCUT2D eigenvalue weighted by atomic mass is 16.5. The number of hydrogen-bond acceptors (Lipinski definition) is 5. The van der Waals surface area contributed by atoms with Crippen LogP contribution in [0.1, 0.15) is 86.0 Å². The Labute approximate surface area is 181 Å². The molecule has 0 bridgehead atoms. The number of carbonyl (C=O) groups is 4. The van der Waals surface area contributed by atoms with Crippen LogP contribution < -0.4 is 0 Å². The van der Waals surface area contributed by atoms with Gasteiger partial charge in [0.15, 0.2) is 0 Å². The summed E-state index contributed by atoms with van der Waals surface area (Å²) in [6, 6.07) is 0. The topological polar surface area (TPSA) is 77.5 Å². The van der Waals surface area contributed by atoms with E-state index in [9.17, 15) is 19.2 Å². The monoisotopic (exact) mass is 418 g/mol. The molecule has 30 heavy (non-hydrogen) atoms. The van der Waals surface area contributed by atoms with Crippen molar-refractivity contribution in [3.63, 3.8) is 0 Å². The number of carbonyl (C=O) groups excluding carboxylic acids is 4. The van der Waals surface area contributed by atoms with Gasteiger partial charge in [0.2, 0.25) is 0 Å². The zero-order chi connectivity index (χ0) is 22.5. The third kappa shape index (κ3) is 4.60. The minimum absolute atomic E-state index is 0.0178. The SMILES string of the molecule is CC.CCCC(=O)OC1C=C(C=O)CCC2C3CCC(=O)CC3C(C)(C)CC12C=O. The second kappa shape index (κ2) is 10.0. The van der Waals surface area contributed by atoms with Crippen LogP contribution in [0.15, 0.2) is 11.6 Å². The number of fused-ring (bicyclic) bond motifs is 3. The van der Waals surface area contributed by atoms with Gasteiger partial charge in [0.1, 0.15) is 24.5 Å². The van der Waals surface area contributed by atoms with E-state index in [0.29, 0.717) is 49.9 Å². The van der Waals surface area contributed by atoms with Crippen LogP contribution >= 0.6 is 0 Å². The lowest BCUT2D eigenvalue weighted by molar-refractivity contribution is -0.174. The predicted octanol–water partition coefficient (Wildman–Crippen LogP) is 4.86. The van der Waals surface area contributed by atoms with Crippen LogP contribution in [-0.2, 0) is 23.9 Å². The lowest BCUT2D eigenvalue weighted by Crippen LogP contribution is -2.58. The van der Waals surface area contributed by atoms with Gasteiger partial charge >= 0.3 is 5.97 Å². The van der Waals surface area contributed by atoms with Gasteiger partial charge in [-0.05, 0) is 66.9 Å². The van der Waals surface area contributed by atoms with E-state index in [1.165, 1.54) is 0 Å². The minimum Gasteiger partial charge on any atom is -0.457 e. The van der Waals surface area contributed by atoms with Crippen LogP contribution in [0.5, 0.6) is 0 Å². The van der Waals surface area contributed by atoms with Gasteiger partial charge in [0.05, 0.1) is 5.41 Å². The van der Waals surface area contributed by atoms with Crippen molar-refractivity contribution < 1.29 is 23.9 Å². The van der Waals surface area contributed by atoms with E-state index in [1.807, 2.05) is 20.8 Å². The number of ketones is 1. The summed E-state index contributed by atoms with van der Waals surface area (Å²) in [6.07, 6.45) is 7.57. The van der Waals surface area contributed by atoms with E-state index >= 15 is 0 Å². The molecular weight excluding hydrogens is 380 g/mol. The summed E-state index contributed by atoms with van der Waals surface area (Å²) in [5.74, 6) is 0.466. The van der Waals surface area contributed by atoms with Gasteiger partial charge in [-0.3, -0.25) is 14.4 Å². The smallest absolute Gasteiger partial charge is 0.306 e. The Kier molecular flexibility index (Phi) is 8.18.